The average Bonchev–Trinajstić information content (AvgIpc) is 2.80. The lowest BCUT2D eigenvalue weighted by Gasteiger charge is -2.34. The molecule has 1 aliphatic rings. The van der Waals surface area contributed by atoms with Gasteiger partial charge < -0.3 is 9.80 Å². The highest BCUT2D eigenvalue weighted by Gasteiger charge is 2.26. The Bertz CT molecular complexity index is 516. The van der Waals surface area contributed by atoms with Crippen molar-refractivity contribution >= 4 is 23.2 Å². The quantitative estimate of drug-likeness (QED) is 0.837. The molecule has 2 amide bonds. The topological polar surface area (TPSA) is 53.5 Å². The molecule has 1 fully saturated rings. The molecule has 0 saturated carbocycles. The molecule has 0 atom stereocenters. The number of hydrogen-bond acceptors (Lipinski definition) is 4. The van der Waals surface area contributed by atoms with E-state index in [0.29, 0.717) is 32.1 Å². The Hall–Kier alpha value is -1.43. The molecule has 20 heavy (non-hydrogen) atoms. The Labute approximate surface area is 123 Å². The van der Waals surface area contributed by atoms with Gasteiger partial charge in [0.25, 0.3) is 5.91 Å². The van der Waals surface area contributed by atoms with Gasteiger partial charge in [0, 0.05) is 39.0 Å². The van der Waals surface area contributed by atoms with Crippen LogP contribution in [-0.2, 0) is 4.79 Å². The van der Waals surface area contributed by atoms with Crippen LogP contribution in [0.15, 0.2) is 0 Å². The van der Waals surface area contributed by atoms with Crippen LogP contribution in [0.3, 0.4) is 0 Å². The summed E-state index contributed by atoms with van der Waals surface area (Å²) in [6.07, 6.45) is 0. The van der Waals surface area contributed by atoms with E-state index in [1.807, 2.05) is 11.8 Å². The number of aryl methyl sites for hydroxylation is 1. The van der Waals surface area contributed by atoms with Crippen molar-refractivity contribution in [1.82, 2.24) is 14.8 Å². The van der Waals surface area contributed by atoms with Crippen molar-refractivity contribution in [2.75, 3.05) is 26.2 Å². The number of thiazole rings is 1. The molecule has 6 heteroatoms. The van der Waals surface area contributed by atoms with Crippen LogP contribution in [-0.4, -0.2) is 52.8 Å². The van der Waals surface area contributed by atoms with Gasteiger partial charge in [0.15, 0.2) is 0 Å². The summed E-state index contributed by atoms with van der Waals surface area (Å²) < 4.78 is 0. The van der Waals surface area contributed by atoms with Crippen LogP contribution in [0.1, 0.15) is 47.1 Å². The lowest BCUT2D eigenvalue weighted by Crippen LogP contribution is -2.50. The van der Waals surface area contributed by atoms with Gasteiger partial charge in [0.05, 0.1) is 10.7 Å². The molecule has 0 spiro atoms. The fourth-order valence-corrected chi connectivity index (χ4v) is 3.27. The summed E-state index contributed by atoms with van der Waals surface area (Å²) in [4.78, 5) is 32.6. The van der Waals surface area contributed by atoms with Crippen molar-refractivity contribution in [2.24, 2.45) is 0 Å². The van der Waals surface area contributed by atoms with Crippen molar-refractivity contribution in [2.45, 2.75) is 33.6 Å². The third kappa shape index (κ3) is 3.00. The maximum atomic E-state index is 12.5. The molecule has 1 saturated heterocycles. The largest absolute Gasteiger partial charge is 0.339 e. The molecule has 0 aromatic carbocycles. The van der Waals surface area contributed by atoms with Crippen LogP contribution in [0, 0.1) is 6.92 Å². The van der Waals surface area contributed by atoms with Crippen LogP contribution >= 0.6 is 11.3 Å². The number of amides is 2. The maximum absolute atomic E-state index is 12.5. The van der Waals surface area contributed by atoms with Crippen LogP contribution in [0.2, 0.25) is 0 Å². The van der Waals surface area contributed by atoms with Gasteiger partial charge in [0.2, 0.25) is 5.91 Å². The molecular formula is C14H21N3O2S. The second-order valence-corrected chi connectivity index (χ2v) is 6.45. The lowest BCUT2D eigenvalue weighted by molar-refractivity contribution is -0.130. The summed E-state index contributed by atoms with van der Waals surface area (Å²) in [6, 6.07) is 0. The Morgan fingerprint density at radius 2 is 1.70 bits per heavy atom. The molecule has 1 aromatic rings. The summed E-state index contributed by atoms with van der Waals surface area (Å²) in [5, 5.41) is 1.01. The first-order valence-corrected chi connectivity index (χ1v) is 7.74. The highest BCUT2D eigenvalue weighted by molar-refractivity contribution is 7.13. The van der Waals surface area contributed by atoms with Gasteiger partial charge in [-0.05, 0) is 6.92 Å². The number of hydrogen-bond donors (Lipinski definition) is 0. The van der Waals surface area contributed by atoms with Crippen LogP contribution in [0.4, 0.5) is 0 Å². The van der Waals surface area contributed by atoms with Crippen molar-refractivity contribution in [3.63, 3.8) is 0 Å². The van der Waals surface area contributed by atoms with Crippen molar-refractivity contribution in [3.05, 3.63) is 15.6 Å². The predicted molar refractivity (Wildman–Crippen MR) is 79.1 cm³/mol. The van der Waals surface area contributed by atoms with Crippen LogP contribution in [0.25, 0.3) is 0 Å². The van der Waals surface area contributed by atoms with Crippen molar-refractivity contribution in [3.8, 4) is 0 Å². The third-order valence-electron chi connectivity index (χ3n) is 3.51. The van der Waals surface area contributed by atoms with Gasteiger partial charge >= 0.3 is 0 Å². The van der Waals surface area contributed by atoms with E-state index in [9.17, 15) is 9.59 Å². The van der Waals surface area contributed by atoms with E-state index in [1.54, 1.807) is 11.8 Å². The maximum Gasteiger partial charge on any atom is 0.265 e. The number of piperazine rings is 1. The standard InChI is InChI=1S/C14H21N3O2S/c1-9(2)13-15-10(3)12(20-13)14(19)17-7-5-16(6-8-17)11(4)18/h9H,5-8H2,1-4H3. The molecule has 0 aliphatic carbocycles. The average molecular weight is 295 g/mol. The van der Waals surface area contributed by atoms with E-state index >= 15 is 0 Å². The number of aromatic nitrogens is 1. The van der Waals surface area contributed by atoms with Gasteiger partial charge in [-0.15, -0.1) is 11.3 Å². The first-order valence-electron chi connectivity index (χ1n) is 6.92. The minimum atomic E-state index is 0.0510. The first kappa shape index (κ1) is 15.0. The Morgan fingerprint density at radius 1 is 1.15 bits per heavy atom. The second-order valence-electron chi connectivity index (χ2n) is 5.42. The monoisotopic (exact) mass is 295 g/mol. The van der Waals surface area contributed by atoms with Crippen molar-refractivity contribution < 1.29 is 9.59 Å². The molecule has 1 aromatic heterocycles. The molecular weight excluding hydrogens is 274 g/mol. The highest BCUT2D eigenvalue weighted by atomic mass is 32.1. The smallest absolute Gasteiger partial charge is 0.265 e. The van der Waals surface area contributed by atoms with Gasteiger partial charge in [-0.25, -0.2) is 4.98 Å². The highest BCUT2D eigenvalue weighted by Crippen LogP contribution is 2.26. The SMILES string of the molecule is CC(=O)N1CCN(C(=O)c2sc(C(C)C)nc2C)CC1. The van der Waals surface area contributed by atoms with E-state index < -0.39 is 0 Å². The fourth-order valence-electron chi connectivity index (χ4n) is 2.23. The van der Waals surface area contributed by atoms with Crippen LogP contribution < -0.4 is 0 Å². The molecule has 0 unspecified atom stereocenters. The van der Waals surface area contributed by atoms with E-state index in [1.165, 1.54) is 11.3 Å². The normalized spacial score (nSPS) is 15.8. The van der Waals surface area contributed by atoms with E-state index in [0.717, 1.165) is 15.6 Å². The lowest BCUT2D eigenvalue weighted by atomic mass is 10.2. The summed E-state index contributed by atoms with van der Waals surface area (Å²) >= 11 is 1.49. The molecule has 0 N–H and O–H groups in total. The third-order valence-corrected chi connectivity index (χ3v) is 4.96. The molecule has 2 rings (SSSR count). The summed E-state index contributed by atoms with van der Waals surface area (Å²) in [6.45, 7) is 10.1. The number of carbonyl (C=O) groups excluding carboxylic acids is 2. The van der Waals surface area contributed by atoms with E-state index in [-0.39, 0.29) is 11.8 Å². The zero-order valence-corrected chi connectivity index (χ0v) is 13.3. The van der Waals surface area contributed by atoms with Gasteiger partial charge in [-0.1, -0.05) is 13.8 Å². The van der Waals surface area contributed by atoms with E-state index in [4.69, 9.17) is 0 Å². The summed E-state index contributed by atoms with van der Waals surface area (Å²) in [7, 11) is 0. The Kier molecular flexibility index (Phi) is 4.42. The molecule has 0 radical (unpaired) electrons. The number of nitrogens with zero attached hydrogens (tertiary/aromatic N) is 3. The molecule has 0 bridgehead atoms. The molecule has 1 aliphatic heterocycles. The molecule has 110 valence electrons. The minimum Gasteiger partial charge on any atom is -0.339 e. The predicted octanol–water partition coefficient (Wildman–Crippen LogP) is 1.88. The van der Waals surface area contributed by atoms with Crippen molar-refractivity contribution in [1.29, 1.82) is 0 Å². The van der Waals surface area contributed by atoms with Gasteiger partial charge in [0.1, 0.15) is 4.88 Å². The molecule has 2 heterocycles. The summed E-state index contributed by atoms with van der Waals surface area (Å²) in [5.41, 5.74) is 0.817. The minimum absolute atomic E-state index is 0.0510. The second kappa shape index (κ2) is 5.91. The fraction of sp³-hybridized carbons (Fsp3) is 0.643. The molecule has 5 nitrogen and oxygen atoms in total. The van der Waals surface area contributed by atoms with Gasteiger partial charge in [-0.3, -0.25) is 9.59 Å². The van der Waals surface area contributed by atoms with E-state index in [2.05, 4.69) is 18.8 Å². The Morgan fingerprint density at radius 3 is 2.15 bits per heavy atom. The summed E-state index contributed by atoms with van der Waals surface area (Å²) in [5.74, 6) is 0.470. The number of rotatable bonds is 2. The first-order chi connectivity index (χ1) is 9.40. The zero-order valence-electron chi connectivity index (χ0n) is 12.5. The number of carbonyl (C=O) groups is 2. The van der Waals surface area contributed by atoms with Crippen LogP contribution in [0.5, 0.6) is 0 Å². The Balaban J connectivity index is 2.07. The van der Waals surface area contributed by atoms with Gasteiger partial charge in [-0.2, -0.15) is 0 Å². The zero-order chi connectivity index (χ0) is 14.9.